The number of amides is 1. The Balaban J connectivity index is 0.00000261. The smallest absolute Gasteiger partial charge is 0.253 e. The van der Waals surface area contributed by atoms with E-state index in [1.165, 1.54) is 18.5 Å². The van der Waals surface area contributed by atoms with Gasteiger partial charge in [0, 0.05) is 56.9 Å². The van der Waals surface area contributed by atoms with Crippen LogP contribution in [0.25, 0.3) is 0 Å². The molecule has 2 N–H and O–H groups in total. The van der Waals surface area contributed by atoms with Gasteiger partial charge in [0.25, 0.3) is 5.91 Å². The highest BCUT2D eigenvalue weighted by atomic mass is 35.5. The second kappa shape index (κ2) is 10.3. The van der Waals surface area contributed by atoms with Gasteiger partial charge in [-0.1, -0.05) is 12.1 Å². The Morgan fingerprint density at radius 2 is 1.78 bits per heavy atom. The fourth-order valence-corrected chi connectivity index (χ4v) is 3.52. The molecule has 1 amide bonds. The van der Waals surface area contributed by atoms with Crippen molar-refractivity contribution in [2.45, 2.75) is 25.8 Å². The van der Waals surface area contributed by atoms with Gasteiger partial charge < -0.3 is 15.5 Å². The second-order valence-electron chi connectivity index (χ2n) is 7.05. The van der Waals surface area contributed by atoms with Crippen molar-refractivity contribution in [2.24, 2.45) is 11.7 Å². The van der Waals surface area contributed by atoms with Crippen molar-refractivity contribution in [1.82, 2.24) is 9.88 Å². The molecule has 1 aliphatic heterocycles. The van der Waals surface area contributed by atoms with Gasteiger partial charge >= 0.3 is 0 Å². The van der Waals surface area contributed by atoms with Crippen LogP contribution >= 0.6 is 12.4 Å². The monoisotopic (exact) mass is 388 g/mol. The van der Waals surface area contributed by atoms with E-state index in [1.54, 1.807) is 0 Å². The van der Waals surface area contributed by atoms with Gasteiger partial charge in [-0.15, -0.1) is 12.4 Å². The van der Waals surface area contributed by atoms with Crippen LogP contribution in [0.15, 0.2) is 48.8 Å². The van der Waals surface area contributed by atoms with Crippen LogP contribution in [0.4, 0.5) is 5.69 Å². The maximum Gasteiger partial charge on any atom is 0.253 e. The van der Waals surface area contributed by atoms with Crippen LogP contribution in [0.1, 0.15) is 35.2 Å². The molecule has 1 saturated heterocycles. The average molecular weight is 389 g/mol. The van der Waals surface area contributed by atoms with Crippen LogP contribution in [-0.2, 0) is 6.54 Å². The predicted octanol–water partition coefficient (Wildman–Crippen LogP) is 3.34. The van der Waals surface area contributed by atoms with E-state index in [0.29, 0.717) is 12.5 Å². The zero-order valence-corrected chi connectivity index (χ0v) is 16.7. The highest BCUT2D eigenvalue weighted by Crippen LogP contribution is 2.25. The van der Waals surface area contributed by atoms with Gasteiger partial charge in [0.2, 0.25) is 0 Å². The largest absolute Gasteiger partial charge is 0.371 e. The lowest BCUT2D eigenvalue weighted by Crippen LogP contribution is -2.35. The summed E-state index contributed by atoms with van der Waals surface area (Å²) >= 11 is 0. The van der Waals surface area contributed by atoms with Crippen LogP contribution < -0.4 is 10.6 Å². The molecule has 5 nitrogen and oxygen atoms in total. The van der Waals surface area contributed by atoms with Gasteiger partial charge in [0.1, 0.15) is 0 Å². The highest BCUT2D eigenvalue weighted by Gasteiger charge is 2.20. The molecular weight excluding hydrogens is 360 g/mol. The van der Waals surface area contributed by atoms with E-state index in [2.05, 4.69) is 22.0 Å². The molecule has 0 radical (unpaired) electrons. The number of nitrogens with two attached hydrogens (primary N) is 1. The number of rotatable bonds is 6. The molecule has 0 spiro atoms. The van der Waals surface area contributed by atoms with Crippen molar-refractivity contribution in [1.29, 1.82) is 0 Å². The van der Waals surface area contributed by atoms with Gasteiger partial charge in [-0.2, -0.15) is 0 Å². The lowest BCUT2D eigenvalue weighted by molar-refractivity contribution is 0.0785. The molecule has 146 valence electrons. The maximum atomic E-state index is 12.5. The molecule has 3 rings (SSSR count). The molecule has 0 saturated carbocycles. The quantitative estimate of drug-likeness (QED) is 0.824. The molecule has 2 aromatic rings. The summed E-state index contributed by atoms with van der Waals surface area (Å²) in [4.78, 5) is 20.9. The van der Waals surface area contributed by atoms with E-state index in [-0.39, 0.29) is 18.3 Å². The number of carbonyl (C=O) groups is 1. The van der Waals surface area contributed by atoms with E-state index >= 15 is 0 Å². The molecule has 2 heterocycles. The summed E-state index contributed by atoms with van der Waals surface area (Å²) in [5, 5.41) is 0. The Hall–Kier alpha value is -2.11. The van der Waals surface area contributed by atoms with Crippen molar-refractivity contribution < 1.29 is 4.79 Å². The molecule has 0 atom stereocenters. The third-order valence-corrected chi connectivity index (χ3v) is 5.30. The Morgan fingerprint density at radius 1 is 1.15 bits per heavy atom. The first kappa shape index (κ1) is 21.2. The maximum absolute atomic E-state index is 12.5. The van der Waals surface area contributed by atoms with Crippen LogP contribution in [0.3, 0.4) is 0 Å². The zero-order chi connectivity index (χ0) is 18.4. The van der Waals surface area contributed by atoms with Gasteiger partial charge in [-0.05, 0) is 55.0 Å². The summed E-state index contributed by atoms with van der Waals surface area (Å²) in [6, 6.07) is 11.7. The van der Waals surface area contributed by atoms with Crippen molar-refractivity contribution in [3.8, 4) is 0 Å². The number of piperidine rings is 1. The summed E-state index contributed by atoms with van der Waals surface area (Å²) < 4.78 is 0. The second-order valence-corrected chi connectivity index (χ2v) is 7.05. The Bertz CT molecular complexity index is 700. The fraction of sp³-hybridized carbons (Fsp3) is 0.429. The van der Waals surface area contributed by atoms with Gasteiger partial charge in [-0.25, -0.2) is 0 Å². The zero-order valence-electron chi connectivity index (χ0n) is 15.9. The topological polar surface area (TPSA) is 62.5 Å². The van der Waals surface area contributed by atoms with Gasteiger partial charge in [0.05, 0.1) is 0 Å². The normalized spacial score (nSPS) is 14.5. The highest BCUT2D eigenvalue weighted by molar-refractivity contribution is 5.94. The molecule has 1 aromatic carbocycles. The number of carbonyl (C=O) groups excluding carboxylic acids is 1. The first-order valence-electron chi connectivity index (χ1n) is 9.37. The van der Waals surface area contributed by atoms with Gasteiger partial charge in [-0.3, -0.25) is 9.78 Å². The van der Waals surface area contributed by atoms with E-state index in [0.717, 1.165) is 37.2 Å². The van der Waals surface area contributed by atoms with E-state index in [9.17, 15) is 4.79 Å². The Kier molecular flexibility index (Phi) is 8.07. The van der Waals surface area contributed by atoms with E-state index in [4.69, 9.17) is 5.73 Å². The third kappa shape index (κ3) is 5.68. The summed E-state index contributed by atoms with van der Waals surface area (Å²) in [6.07, 6.45) is 7.11. The van der Waals surface area contributed by atoms with Crippen molar-refractivity contribution in [2.75, 3.05) is 31.6 Å². The van der Waals surface area contributed by atoms with Crippen molar-refractivity contribution in [3.05, 3.63) is 59.9 Å². The number of hydrogen-bond acceptors (Lipinski definition) is 4. The number of nitrogens with zero attached hydrogens (tertiary/aromatic N) is 3. The third-order valence-electron chi connectivity index (χ3n) is 5.30. The number of halogens is 1. The minimum absolute atomic E-state index is 0. The minimum atomic E-state index is 0. The number of pyridine rings is 1. The van der Waals surface area contributed by atoms with E-state index < -0.39 is 0 Å². The molecule has 0 bridgehead atoms. The van der Waals surface area contributed by atoms with Crippen LogP contribution in [-0.4, -0.2) is 42.5 Å². The number of hydrogen-bond donors (Lipinski definition) is 1. The average Bonchev–Trinajstić information content (AvgIpc) is 2.72. The van der Waals surface area contributed by atoms with Crippen LogP contribution in [0.5, 0.6) is 0 Å². The van der Waals surface area contributed by atoms with Crippen LogP contribution in [0.2, 0.25) is 0 Å². The molecule has 1 aliphatic rings. The van der Waals surface area contributed by atoms with E-state index in [1.807, 2.05) is 48.6 Å². The lowest BCUT2D eigenvalue weighted by atomic mass is 9.93. The van der Waals surface area contributed by atoms with Crippen LogP contribution in [0, 0.1) is 5.92 Å². The first-order valence-corrected chi connectivity index (χ1v) is 9.37. The molecule has 27 heavy (non-hydrogen) atoms. The fourth-order valence-electron chi connectivity index (χ4n) is 3.52. The van der Waals surface area contributed by atoms with Crippen molar-refractivity contribution >= 4 is 24.0 Å². The SMILES string of the molecule is CN(CCC1CCN(c2ccncc2)CC1)C(=O)c1ccc(CN)cc1.Cl. The molecule has 1 aromatic heterocycles. The summed E-state index contributed by atoms with van der Waals surface area (Å²) in [5.41, 5.74) is 8.65. The summed E-state index contributed by atoms with van der Waals surface area (Å²) in [5.74, 6) is 0.769. The minimum Gasteiger partial charge on any atom is -0.371 e. The predicted molar refractivity (Wildman–Crippen MR) is 112 cm³/mol. The summed E-state index contributed by atoms with van der Waals surface area (Å²) in [7, 11) is 1.89. The first-order chi connectivity index (χ1) is 12.7. The lowest BCUT2D eigenvalue weighted by Gasteiger charge is -2.34. The molecule has 1 fully saturated rings. The van der Waals surface area contributed by atoms with Gasteiger partial charge in [0.15, 0.2) is 0 Å². The summed E-state index contributed by atoms with van der Waals surface area (Å²) in [6.45, 7) is 3.46. The Morgan fingerprint density at radius 3 is 2.37 bits per heavy atom. The molecular formula is C21H29ClN4O. The number of aromatic nitrogens is 1. The van der Waals surface area contributed by atoms with Crippen molar-refractivity contribution in [3.63, 3.8) is 0 Å². The molecule has 6 heteroatoms. The number of benzene rings is 1. The number of anilines is 1. The standard InChI is InChI=1S/C21H28N4O.ClH/c1-24(21(26)19-4-2-18(16-22)3-5-19)13-8-17-9-14-25(15-10-17)20-6-11-23-12-7-20;/h2-7,11-12,17H,8-10,13-16,22H2,1H3;1H. The molecule has 0 aliphatic carbocycles. The Labute approximate surface area is 168 Å². The molecule has 0 unspecified atom stereocenters.